The Labute approximate surface area is 169 Å². The van der Waals surface area contributed by atoms with Crippen molar-refractivity contribution in [1.82, 2.24) is 24.7 Å². The molecule has 1 aliphatic carbocycles. The number of carbonyl (C=O) groups is 1. The molecule has 2 aromatic heterocycles. The van der Waals surface area contributed by atoms with Gasteiger partial charge in [-0.1, -0.05) is 13.8 Å². The molecule has 162 valence electrons. The molecule has 0 spiro atoms. The highest BCUT2D eigenvalue weighted by Crippen LogP contribution is 2.39. The van der Waals surface area contributed by atoms with Crippen LogP contribution in [0.4, 0.5) is 13.2 Å². The molecule has 5 N–H and O–H groups in total. The van der Waals surface area contributed by atoms with Gasteiger partial charge in [-0.3, -0.25) is 9.59 Å². The SMILES string of the molecule is CC(C)c1nn(CC(=O)N/C(N)=C/C=C(\N)C(F)(F)F)c(=O)c2cc(C3CC3)nn12. The van der Waals surface area contributed by atoms with E-state index < -0.39 is 29.9 Å². The van der Waals surface area contributed by atoms with Crippen LogP contribution in [-0.2, 0) is 11.3 Å². The molecule has 9 nitrogen and oxygen atoms in total. The number of carbonyl (C=O) groups excluding carboxylic acids is 1. The number of nitrogens with one attached hydrogen (secondary N) is 1. The van der Waals surface area contributed by atoms with Gasteiger partial charge in [0, 0.05) is 11.8 Å². The van der Waals surface area contributed by atoms with Crippen LogP contribution in [0.2, 0.25) is 0 Å². The van der Waals surface area contributed by atoms with Crippen LogP contribution in [0.3, 0.4) is 0 Å². The van der Waals surface area contributed by atoms with E-state index in [9.17, 15) is 22.8 Å². The second-order valence-electron chi connectivity index (χ2n) is 7.41. The zero-order chi connectivity index (χ0) is 22.2. The van der Waals surface area contributed by atoms with E-state index in [1.165, 1.54) is 4.52 Å². The predicted molar refractivity (Wildman–Crippen MR) is 102 cm³/mol. The zero-order valence-electron chi connectivity index (χ0n) is 16.4. The molecule has 1 aliphatic rings. The lowest BCUT2D eigenvalue weighted by atomic mass is 10.2. The third kappa shape index (κ3) is 4.63. The summed E-state index contributed by atoms with van der Waals surface area (Å²) < 4.78 is 39.6. The van der Waals surface area contributed by atoms with Crippen LogP contribution >= 0.6 is 0 Å². The monoisotopic (exact) mass is 425 g/mol. The van der Waals surface area contributed by atoms with Crippen molar-refractivity contribution in [2.24, 2.45) is 11.5 Å². The average molecular weight is 425 g/mol. The Morgan fingerprint density at radius 2 is 1.97 bits per heavy atom. The van der Waals surface area contributed by atoms with Crippen LogP contribution in [0.1, 0.15) is 50.0 Å². The molecule has 1 fully saturated rings. The third-order valence-electron chi connectivity index (χ3n) is 4.48. The number of nitrogens with two attached hydrogens (primary N) is 2. The molecule has 2 heterocycles. The molecule has 0 bridgehead atoms. The average Bonchev–Trinajstić information content (AvgIpc) is 3.39. The summed E-state index contributed by atoms with van der Waals surface area (Å²) in [6.45, 7) is 3.30. The van der Waals surface area contributed by atoms with E-state index >= 15 is 0 Å². The first-order valence-electron chi connectivity index (χ1n) is 9.28. The molecule has 0 aliphatic heterocycles. The lowest BCUT2D eigenvalue weighted by Crippen LogP contribution is -2.36. The number of nitrogens with zero attached hydrogens (tertiary/aromatic N) is 4. The fraction of sp³-hybridized carbons (Fsp3) is 0.444. The van der Waals surface area contributed by atoms with Crippen molar-refractivity contribution in [1.29, 1.82) is 0 Å². The van der Waals surface area contributed by atoms with Crippen LogP contribution < -0.4 is 22.3 Å². The maximum atomic E-state index is 12.8. The predicted octanol–water partition coefficient (Wildman–Crippen LogP) is 1.21. The van der Waals surface area contributed by atoms with Gasteiger partial charge in [0.25, 0.3) is 5.56 Å². The number of aromatic nitrogens is 4. The molecule has 12 heteroatoms. The molecular weight excluding hydrogens is 403 g/mol. The Bertz CT molecular complexity index is 1090. The van der Waals surface area contributed by atoms with E-state index in [0.29, 0.717) is 23.3 Å². The number of halogens is 3. The molecule has 0 radical (unpaired) electrons. The normalized spacial score (nSPS) is 15.8. The molecule has 0 unspecified atom stereocenters. The Balaban J connectivity index is 1.83. The van der Waals surface area contributed by atoms with Gasteiger partial charge < -0.3 is 16.8 Å². The Hall–Kier alpha value is -3.31. The molecule has 0 atom stereocenters. The molecular formula is C18H22F3N7O2. The van der Waals surface area contributed by atoms with Crippen LogP contribution in [0, 0.1) is 0 Å². The standard InChI is InChI=1S/C18H22F3N7O2/c1-9(2)16-26-27(17(30)12-7-11(10-3-4-10)25-28(12)16)8-15(29)24-14(23)6-5-13(22)18(19,20)21/h5-7,9-10H,3-4,8,22-23H2,1-2H3,(H,24,29)/b13-5-,14-6+. The second kappa shape index (κ2) is 7.84. The van der Waals surface area contributed by atoms with Gasteiger partial charge in [-0.05, 0) is 31.1 Å². The van der Waals surface area contributed by atoms with Gasteiger partial charge in [0.2, 0.25) is 5.91 Å². The van der Waals surface area contributed by atoms with Gasteiger partial charge in [-0.2, -0.15) is 23.4 Å². The number of fused-ring (bicyclic) bond motifs is 1. The largest absolute Gasteiger partial charge is 0.430 e. The maximum absolute atomic E-state index is 12.8. The lowest BCUT2D eigenvalue weighted by Gasteiger charge is -2.12. The molecule has 30 heavy (non-hydrogen) atoms. The summed E-state index contributed by atoms with van der Waals surface area (Å²) in [6.07, 6.45) is -1.31. The van der Waals surface area contributed by atoms with Crippen molar-refractivity contribution in [2.45, 2.75) is 51.2 Å². The summed E-state index contributed by atoms with van der Waals surface area (Å²) in [5, 5.41) is 10.9. The minimum Gasteiger partial charge on any atom is -0.395 e. The molecule has 0 aromatic carbocycles. The first-order chi connectivity index (χ1) is 14.0. The molecule has 2 aromatic rings. The van der Waals surface area contributed by atoms with Crippen LogP contribution in [0.5, 0.6) is 0 Å². The van der Waals surface area contributed by atoms with Gasteiger partial charge >= 0.3 is 6.18 Å². The fourth-order valence-corrected chi connectivity index (χ4v) is 2.77. The van der Waals surface area contributed by atoms with Crippen molar-refractivity contribution < 1.29 is 18.0 Å². The van der Waals surface area contributed by atoms with Crippen molar-refractivity contribution in [3.05, 3.63) is 51.6 Å². The number of hydrogen-bond donors (Lipinski definition) is 3. The summed E-state index contributed by atoms with van der Waals surface area (Å²) in [7, 11) is 0. The quantitative estimate of drug-likeness (QED) is 0.596. The summed E-state index contributed by atoms with van der Waals surface area (Å²) in [4.78, 5) is 25.0. The lowest BCUT2D eigenvalue weighted by molar-refractivity contribution is -0.121. The number of alkyl halides is 3. The highest BCUT2D eigenvalue weighted by molar-refractivity contribution is 5.77. The van der Waals surface area contributed by atoms with E-state index in [2.05, 4.69) is 15.5 Å². The number of allylic oxidation sites excluding steroid dienone is 3. The van der Waals surface area contributed by atoms with Gasteiger partial charge in [0.15, 0.2) is 5.82 Å². The first kappa shape index (κ1) is 21.4. The van der Waals surface area contributed by atoms with Crippen LogP contribution in [0.25, 0.3) is 5.52 Å². The summed E-state index contributed by atoms with van der Waals surface area (Å²) in [6, 6.07) is 1.71. The van der Waals surface area contributed by atoms with E-state index in [-0.39, 0.29) is 11.7 Å². The van der Waals surface area contributed by atoms with Gasteiger partial charge in [-0.15, -0.1) is 0 Å². The second-order valence-corrected chi connectivity index (χ2v) is 7.41. The topological polar surface area (TPSA) is 133 Å². The first-order valence-corrected chi connectivity index (χ1v) is 9.28. The molecule has 1 amide bonds. The van der Waals surface area contributed by atoms with Crippen molar-refractivity contribution >= 4 is 11.4 Å². The number of amides is 1. The van der Waals surface area contributed by atoms with Crippen LogP contribution in [-0.4, -0.2) is 31.5 Å². The van der Waals surface area contributed by atoms with E-state index in [1.54, 1.807) is 6.07 Å². The van der Waals surface area contributed by atoms with Gasteiger partial charge in [0.05, 0.1) is 5.69 Å². The Morgan fingerprint density at radius 1 is 1.30 bits per heavy atom. The smallest absolute Gasteiger partial charge is 0.395 e. The van der Waals surface area contributed by atoms with Gasteiger partial charge in [-0.25, -0.2) is 9.20 Å². The minimum atomic E-state index is -4.70. The van der Waals surface area contributed by atoms with Gasteiger partial charge in [0.1, 0.15) is 23.6 Å². The summed E-state index contributed by atoms with van der Waals surface area (Å²) in [5.74, 6) is -0.309. The van der Waals surface area contributed by atoms with E-state index in [4.69, 9.17) is 11.5 Å². The van der Waals surface area contributed by atoms with Crippen molar-refractivity contribution in [3.8, 4) is 0 Å². The minimum absolute atomic E-state index is 0.0742. The van der Waals surface area contributed by atoms with E-state index in [0.717, 1.165) is 29.3 Å². The zero-order valence-corrected chi connectivity index (χ0v) is 16.4. The number of rotatable bonds is 6. The highest BCUT2D eigenvalue weighted by Gasteiger charge is 2.31. The highest BCUT2D eigenvalue weighted by atomic mass is 19.4. The molecule has 1 saturated carbocycles. The Morgan fingerprint density at radius 3 is 2.53 bits per heavy atom. The van der Waals surface area contributed by atoms with Crippen LogP contribution in [0.15, 0.2) is 34.5 Å². The summed E-state index contributed by atoms with van der Waals surface area (Å²) in [5.41, 5.74) is 9.63. The number of hydrogen-bond acceptors (Lipinski definition) is 6. The van der Waals surface area contributed by atoms with Crippen molar-refractivity contribution in [3.63, 3.8) is 0 Å². The molecule has 3 rings (SSSR count). The summed E-state index contributed by atoms with van der Waals surface area (Å²) >= 11 is 0. The fourth-order valence-electron chi connectivity index (χ4n) is 2.77. The van der Waals surface area contributed by atoms with Crippen molar-refractivity contribution in [2.75, 3.05) is 0 Å². The third-order valence-corrected chi connectivity index (χ3v) is 4.48. The Kier molecular flexibility index (Phi) is 5.59. The molecule has 0 saturated heterocycles. The van der Waals surface area contributed by atoms with E-state index in [1.807, 2.05) is 13.8 Å². The maximum Gasteiger partial charge on any atom is 0.430 e.